The van der Waals surface area contributed by atoms with Gasteiger partial charge in [-0.1, -0.05) is 24.9 Å². The molecule has 0 atom stereocenters. The van der Waals surface area contributed by atoms with Crippen LogP contribution in [0.2, 0.25) is 5.15 Å². The van der Waals surface area contributed by atoms with Gasteiger partial charge in [-0.25, -0.2) is 9.78 Å². The Bertz CT molecular complexity index is 750. The van der Waals surface area contributed by atoms with Crippen molar-refractivity contribution < 1.29 is 14.3 Å². The van der Waals surface area contributed by atoms with E-state index in [1.165, 1.54) is 11.3 Å². The molecule has 1 amide bonds. The molecule has 8 heteroatoms. The van der Waals surface area contributed by atoms with Gasteiger partial charge in [0.1, 0.15) is 14.8 Å². The number of aromatic nitrogens is 1. The molecule has 2 aromatic heterocycles. The lowest BCUT2D eigenvalue weighted by Crippen LogP contribution is -2.16. The van der Waals surface area contributed by atoms with Crippen LogP contribution in [0.3, 0.4) is 0 Å². The first-order valence-electron chi connectivity index (χ1n) is 7.48. The number of aryl methyl sites for hydroxylation is 1. The SMILES string of the molecule is CCCCOC(=O)Nc1nc(Cl)c2sc(Br)c3c2c1CCCO3. The Balaban J connectivity index is 1.97. The summed E-state index contributed by atoms with van der Waals surface area (Å²) in [5.74, 6) is 1.24. The predicted octanol–water partition coefficient (Wildman–Crippen LogP) is 5.39. The number of amides is 1. The summed E-state index contributed by atoms with van der Waals surface area (Å²) in [4.78, 5) is 16.3. The van der Waals surface area contributed by atoms with Crippen LogP contribution >= 0.6 is 38.9 Å². The van der Waals surface area contributed by atoms with Crippen molar-refractivity contribution in [3.63, 3.8) is 0 Å². The molecule has 3 rings (SSSR count). The Morgan fingerprint density at radius 2 is 2.39 bits per heavy atom. The van der Waals surface area contributed by atoms with Crippen LogP contribution in [0.25, 0.3) is 10.1 Å². The summed E-state index contributed by atoms with van der Waals surface area (Å²) < 4.78 is 12.7. The highest BCUT2D eigenvalue weighted by molar-refractivity contribution is 9.11. The van der Waals surface area contributed by atoms with E-state index in [0.717, 1.165) is 50.9 Å². The van der Waals surface area contributed by atoms with Crippen molar-refractivity contribution in [2.75, 3.05) is 18.5 Å². The smallest absolute Gasteiger partial charge is 0.412 e. The highest BCUT2D eigenvalue weighted by Crippen LogP contribution is 2.48. The lowest BCUT2D eigenvalue weighted by molar-refractivity contribution is 0.160. The Morgan fingerprint density at radius 3 is 3.17 bits per heavy atom. The van der Waals surface area contributed by atoms with Crippen LogP contribution in [0.15, 0.2) is 3.79 Å². The van der Waals surface area contributed by atoms with Gasteiger partial charge < -0.3 is 9.47 Å². The van der Waals surface area contributed by atoms with Crippen molar-refractivity contribution in [3.8, 4) is 5.75 Å². The second kappa shape index (κ2) is 7.23. The number of anilines is 1. The van der Waals surface area contributed by atoms with Gasteiger partial charge in [0, 0.05) is 10.9 Å². The number of nitrogens with zero attached hydrogens (tertiary/aromatic N) is 1. The molecule has 1 aliphatic rings. The molecule has 0 saturated heterocycles. The first-order valence-corrected chi connectivity index (χ1v) is 9.47. The zero-order valence-corrected chi connectivity index (χ0v) is 15.7. The van der Waals surface area contributed by atoms with Crippen molar-refractivity contribution in [2.45, 2.75) is 32.6 Å². The molecule has 2 aromatic rings. The van der Waals surface area contributed by atoms with Gasteiger partial charge in [-0.05, 0) is 35.2 Å². The van der Waals surface area contributed by atoms with E-state index in [1.807, 2.05) is 6.92 Å². The van der Waals surface area contributed by atoms with Gasteiger partial charge in [0.2, 0.25) is 0 Å². The zero-order valence-electron chi connectivity index (χ0n) is 12.6. The molecule has 0 radical (unpaired) electrons. The van der Waals surface area contributed by atoms with E-state index in [4.69, 9.17) is 21.1 Å². The maximum absolute atomic E-state index is 11.9. The van der Waals surface area contributed by atoms with Gasteiger partial charge in [0.05, 0.1) is 17.9 Å². The fraction of sp³-hybridized carbons (Fsp3) is 0.467. The minimum atomic E-state index is -0.501. The summed E-state index contributed by atoms with van der Waals surface area (Å²) in [7, 11) is 0. The maximum Gasteiger partial charge on any atom is 0.412 e. The third kappa shape index (κ3) is 3.41. The van der Waals surface area contributed by atoms with Gasteiger partial charge in [-0.15, -0.1) is 11.3 Å². The highest BCUT2D eigenvalue weighted by atomic mass is 79.9. The number of nitrogens with one attached hydrogen (secondary N) is 1. The van der Waals surface area contributed by atoms with Crippen molar-refractivity contribution in [1.82, 2.24) is 4.98 Å². The van der Waals surface area contributed by atoms with Crippen LogP contribution in [0, 0.1) is 0 Å². The number of carbonyl (C=O) groups is 1. The quantitative estimate of drug-likeness (QED) is 0.533. The minimum Gasteiger partial charge on any atom is -0.491 e. The van der Waals surface area contributed by atoms with Gasteiger partial charge in [0.15, 0.2) is 5.75 Å². The van der Waals surface area contributed by atoms with E-state index < -0.39 is 6.09 Å². The molecule has 0 fully saturated rings. The molecule has 1 N–H and O–H groups in total. The first-order chi connectivity index (χ1) is 11.1. The van der Waals surface area contributed by atoms with Crippen molar-refractivity contribution >= 4 is 60.9 Å². The molecule has 5 nitrogen and oxygen atoms in total. The highest BCUT2D eigenvalue weighted by Gasteiger charge is 2.25. The van der Waals surface area contributed by atoms with Crippen LogP contribution < -0.4 is 10.1 Å². The Morgan fingerprint density at radius 1 is 1.57 bits per heavy atom. The number of halogens is 2. The molecule has 0 bridgehead atoms. The lowest BCUT2D eigenvalue weighted by Gasteiger charge is -2.11. The summed E-state index contributed by atoms with van der Waals surface area (Å²) in [6.07, 6.45) is 2.92. The molecule has 3 heterocycles. The number of hydrogen-bond donors (Lipinski definition) is 1. The maximum atomic E-state index is 11.9. The van der Waals surface area contributed by atoms with E-state index in [0.29, 0.717) is 24.2 Å². The molecule has 23 heavy (non-hydrogen) atoms. The molecular weight excluding hydrogens is 404 g/mol. The van der Waals surface area contributed by atoms with Crippen LogP contribution in [0.1, 0.15) is 31.7 Å². The van der Waals surface area contributed by atoms with Crippen LogP contribution in [-0.4, -0.2) is 24.3 Å². The number of rotatable bonds is 4. The van der Waals surface area contributed by atoms with Gasteiger partial charge in [0.25, 0.3) is 0 Å². The largest absolute Gasteiger partial charge is 0.491 e. The minimum absolute atomic E-state index is 0.357. The molecular formula is C15H16BrClN2O3S. The van der Waals surface area contributed by atoms with E-state index in [-0.39, 0.29) is 0 Å². The molecule has 0 aromatic carbocycles. The van der Waals surface area contributed by atoms with E-state index in [1.54, 1.807) is 0 Å². The van der Waals surface area contributed by atoms with E-state index >= 15 is 0 Å². The fourth-order valence-electron chi connectivity index (χ4n) is 2.48. The molecule has 0 saturated carbocycles. The average Bonchev–Trinajstić information content (AvgIpc) is 2.71. The third-order valence-corrected chi connectivity index (χ3v) is 5.78. The second-order valence-corrected chi connectivity index (χ2v) is 7.90. The Hall–Kier alpha value is -1.05. The van der Waals surface area contributed by atoms with Crippen LogP contribution in [-0.2, 0) is 11.2 Å². The third-order valence-electron chi connectivity index (χ3n) is 3.58. The Kier molecular flexibility index (Phi) is 5.28. The summed E-state index contributed by atoms with van der Waals surface area (Å²) >= 11 is 11.3. The standard InChI is InChI=1S/C15H16BrClN2O3S/c1-2-3-6-22-15(20)19-14-8-5-4-7-21-10-9(8)11(13(17)18-14)23-12(10)16/h2-7H2,1H3,(H,18,19,20). The number of hydrogen-bond acceptors (Lipinski definition) is 5. The molecule has 1 aliphatic heterocycles. The number of unbranched alkanes of at least 4 members (excludes halogenated alkanes) is 1. The molecule has 0 aliphatic carbocycles. The predicted molar refractivity (Wildman–Crippen MR) is 96.0 cm³/mol. The average molecular weight is 420 g/mol. The number of pyridine rings is 1. The van der Waals surface area contributed by atoms with Crippen LogP contribution in [0.5, 0.6) is 5.75 Å². The van der Waals surface area contributed by atoms with Crippen molar-refractivity contribution in [3.05, 3.63) is 14.5 Å². The monoisotopic (exact) mass is 418 g/mol. The van der Waals surface area contributed by atoms with Crippen molar-refractivity contribution in [1.29, 1.82) is 0 Å². The lowest BCUT2D eigenvalue weighted by atomic mass is 10.1. The summed E-state index contributed by atoms with van der Waals surface area (Å²) in [5, 5.41) is 4.02. The summed E-state index contributed by atoms with van der Waals surface area (Å²) in [6, 6.07) is 0. The zero-order chi connectivity index (χ0) is 16.4. The summed E-state index contributed by atoms with van der Waals surface area (Å²) in [6.45, 7) is 3.06. The number of carbonyl (C=O) groups excluding carboxylic acids is 1. The topological polar surface area (TPSA) is 60.5 Å². The second-order valence-electron chi connectivity index (χ2n) is 5.21. The fourth-order valence-corrected chi connectivity index (χ4v) is 4.46. The molecule has 0 unspecified atom stereocenters. The normalized spacial score (nSPS) is 13.5. The van der Waals surface area contributed by atoms with E-state index in [2.05, 4.69) is 26.2 Å². The van der Waals surface area contributed by atoms with Crippen molar-refractivity contribution in [2.24, 2.45) is 0 Å². The van der Waals surface area contributed by atoms with Gasteiger partial charge in [-0.3, -0.25) is 5.32 Å². The summed E-state index contributed by atoms with van der Waals surface area (Å²) in [5.41, 5.74) is 0.950. The number of thiophene rings is 1. The van der Waals surface area contributed by atoms with E-state index in [9.17, 15) is 4.79 Å². The Labute approximate surface area is 151 Å². The molecule has 0 spiro atoms. The molecule has 124 valence electrons. The van der Waals surface area contributed by atoms with Gasteiger partial charge in [-0.2, -0.15) is 0 Å². The number of ether oxygens (including phenoxy) is 2. The van der Waals surface area contributed by atoms with Gasteiger partial charge >= 0.3 is 6.09 Å². The van der Waals surface area contributed by atoms with Crippen LogP contribution in [0.4, 0.5) is 10.6 Å². The first kappa shape index (κ1) is 16.8.